The maximum atomic E-state index is 5.63. The Morgan fingerprint density at radius 1 is 1.53 bits per heavy atom. The fourth-order valence-corrected chi connectivity index (χ4v) is 1.79. The molecule has 2 N–H and O–H groups in total. The summed E-state index contributed by atoms with van der Waals surface area (Å²) >= 11 is 0. The monoisotopic (exact) mass is 203 g/mol. The fourth-order valence-electron chi connectivity index (χ4n) is 1.79. The van der Waals surface area contributed by atoms with Crippen molar-refractivity contribution in [2.45, 2.75) is 20.3 Å². The van der Waals surface area contributed by atoms with E-state index < -0.39 is 0 Å². The van der Waals surface area contributed by atoms with Crippen molar-refractivity contribution < 1.29 is 0 Å². The minimum atomic E-state index is 0.505. The third kappa shape index (κ3) is 1.88. The lowest BCUT2D eigenvalue weighted by Crippen LogP contribution is -2.14. The molecule has 0 aromatic carbocycles. The molecule has 80 valence electrons. The number of pyridine rings is 1. The van der Waals surface area contributed by atoms with E-state index in [9.17, 15) is 0 Å². The average molecular weight is 203 g/mol. The maximum Gasteiger partial charge on any atom is 0.139 e. The second kappa shape index (κ2) is 4.03. The number of nitrogens with zero attached hydrogens (tertiary/aromatic N) is 2. The van der Waals surface area contributed by atoms with Crippen LogP contribution in [0.15, 0.2) is 24.5 Å². The summed E-state index contributed by atoms with van der Waals surface area (Å²) in [6.45, 7) is 4.96. The quantitative estimate of drug-likeness (QED) is 0.826. The molecule has 3 nitrogen and oxygen atoms in total. The Kier molecular flexibility index (Phi) is 2.73. The summed E-state index contributed by atoms with van der Waals surface area (Å²) in [7, 11) is 0. The van der Waals surface area contributed by atoms with Gasteiger partial charge in [-0.05, 0) is 37.4 Å². The van der Waals surface area contributed by atoms with E-state index in [1.165, 1.54) is 11.3 Å². The van der Waals surface area contributed by atoms with Gasteiger partial charge in [0.05, 0.1) is 0 Å². The van der Waals surface area contributed by atoms with E-state index in [0.717, 1.165) is 18.6 Å². The number of imidazole rings is 1. The van der Waals surface area contributed by atoms with Crippen molar-refractivity contribution in [3.8, 4) is 0 Å². The highest BCUT2D eigenvalue weighted by Crippen LogP contribution is 2.13. The van der Waals surface area contributed by atoms with Crippen LogP contribution in [0.25, 0.3) is 5.65 Å². The van der Waals surface area contributed by atoms with E-state index in [1.54, 1.807) is 0 Å². The van der Waals surface area contributed by atoms with Crippen LogP contribution in [0, 0.1) is 12.8 Å². The van der Waals surface area contributed by atoms with E-state index in [1.807, 2.05) is 6.20 Å². The number of aryl methyl sites for hydroxylation is 1. The highest BCUT2D eigenvalue weighted by atomic mass is 15.0. The van der Waals surface area contributed by atoms with Gasteiger partial charge >= 0.3 is 0 Å². The van der Waals surface area contributed by atoms with Gasteiger partial charge in [-0.3, -0.25) is 0 Å². The predicted molar refractivity (Wildman–Crippen MR) is 61.9 cm³/mol. The Balaban J connectivity index is 2.41. The van der Waals surface area contributed by atoms with Gasteiger partial charge in [-0.1, -0.05) is 13.0 Å². The number of fused-ring (bicyclic) bond motifs is 1. The van der Waals surface area contributed by atoms with E-state index in [2.05, 4.69) is 41.6 Å². The average Bonchev–Trinajstić information content (AvgIpc) is 2.63. The van der Waals surface area contributed by atoms with Gasteiger partial charge in [0.1, 0.15) is 5.65 Å². The molecule has 2 aromatic rings. The van der Waals surface area contributed by atoms with Gasteiger partial charge in [-0.25, -0.2) is 4.98 Å². The number of rotatable bonds is 3. The van der Waals surface area contributed by atoms with Crippen LogP contribution in [0.4, 0.5) is 0 Å². The second-order valence-electron chi connectivity index (χ2n) is 4.18. The molecular weight excluding hydrogens is 186 g/mol. The van der Waals surface area contributed by atoms with Crippen LogP contribution in [0.3, 0.4) is 0 Å². The normalized spacial score (nSPS) is 13.3. The molecule has 0 bridgehead atoms. The minimum absolute atomic E-state index is 0.505. The van der Waals surface area contributed by atoms with Gasteiger partial charge in [-0.15, -0.1) is 0 Å². The van der Waals surface area contributed by atoms with Crippen LogP contribution >= 0.6 is 0 Å². The molecule has 0 fully saturated rings. The molecule has 2 rings (SSSR count). The summed E-state index contributed by atoms with van der Waals surface area (Å²) in [6, 6.07) is 4.14. The van der Waals surface area contributed by atoms with Crippen molar-refractivity contribution in [3.05, 3.63) is 35.8 Å². The smallest absolute Gasteiger partial charge is 0.139 e. The van der Waals surface area contributed by atoms with Crippen molar-refractivity contribution in [2.75, 3.05) is 6.54 Å². The molecule has 0 radical (unpaired) electrons. The molecular formula is C12H17N3. The van der Waals surface area contributed by atoms with Crippen LogP contribution in [-0.2, 0) is 6.42 Å². The highest BCUT2D eigenvalue weighted by molar-refractivity contribution is 5.48. The second-order valence-corrected chi connectivity index (χ2v) is 4.18. The summed E-state index contributed by atoms with van der Waals surface area (Å²) < 4.78 is 2.15. The van der Waals surface area contributed by atoms with E-state index in [-0.39, 0.29) is 0 Å². The van der Waals surface area contributed by atoms with Gasteiger partial charge < -0.3 is 10.1 Å². The molecule has 2 heterocycles. The van der Waals surface area contributed by atoms with E-state index in [4.69, 9.17) is 5.73 Å². The SMILES string of the molecule is Cc1cccn2c(CC(C)CN)cnc12. The number of nitrogens with two attached hydrogens (primary N) is 1. The van der Waals surface area contributed by atoms with Gasteiger partial charge in [0.2, 0.25) is 0 Å². The maximum absolute atomic E-state index is 5.63. The molecule has 1 unspecified atom stereocenters. The van der Waals surface area contributed by atoms with Gasteiger partial charge in [0, 0.05) is 18.1 Å². The van der Waals surface area contributed by atoms with Gasteiger partial charge in [0.15, 0.2) is 0 Å². The molecule has 0 saturated carbocycles. The summed E-state index contributed by atoms with van der Waals surface area (Å²) in [5.74, 6) is 0.505. The zero-order chi connectivity index (χ0) is 10.8. The minimum Gasteiger partial charge on any atom is -0.330 e. The molecule has 0 aliphatic carbocycles. The first-order valence-corrected chi connectivity index (χ1v) is 5.34. The Morgan fingerprint density at radius 3 is 3.07 bits per heavy atom. The molecule has 0 aliphatic heterocycles. The molecule has 3 heteroatoms. The van der Waals surface area contributed by atoms with E-state index in [0.29, 0.717) is 5.92 Å². The Hall–Kier alpha value is -1.35. The topological polar surface area (TPSA) is 43.3 Å². The van der Waals surface area contributed by atoms with Crippen LogP contribution < -0.4 is 5.73 Å². The van der Waals surface area contributed by atoms with Gasteiger partial charge in [0.25, 0.3) is 0 Å². The predicted octanol–water partition coefficient (Wildman–Crippen LogP) is 1.78. The molecule has 15 heavy (non-hydrogen) atoms. The third-order valence-electron chi connectivity index (χ3n) is 2.77. The van der Waals surface area contributed by atoms with Crippen LogP contribution in [0.5, 0.6) is 0 Å². The summed E-state index contributed by atoms with van der Waals surface area (Å²) in [4.78, 5) is 4.43. The summed E-state index contributed by atoms with van der Waals surface area (Å²) in [5, 5.41) is 0. The standard InChI is InChI=1S/C12H17N3/c1-9(7-13)6-11-8-14-12-10(2)4-3-5-15(11)12/h3-5,8-9H,6-7,13H2,1-2H3. The third-order valence-corrected chi connectivity index (χ3v) is 2.77. The Morgan fingerprint density at radius 2 is 2.33 bits per heavy atom. The van der Waals surface area contributed by atoms with Crippen LogP contribution in [-0.4, -0.2) is 15.9 Å². The summed E-state index contributed by atoms with van der Waals surface area (Å²) in [6.07, 6.45) is 5.00. The molecule has 0 amide bonds. The molecule has 0 spiro atoms. The Bertz CT molecular complexity index is 459. The Labute approximate surface area is 89.9 Å². The summed E-state index contributed by atoms with van der Waals surface area (Å²) in [5.41, 5.74) is 9.14. The first kappa shape index (κ1) is 10.2. The highest BCUT2D eigenvalue weighted by Gasteiger charge is 2.07. The largest absolute Gasteiger partial charge is 0.330 e. The number of hydrogen-bond acceptors (Lipinski definition) is 2. The van der Waals surface area contributed by atoms with Crippen molar-refractivity contribution in [3.63, 3.8) is 0 Å². The fraction of sp³-hybridized carbons (Fsp3) is 0.417. The van der Waals surface area contributed by atoms with Crippen molar-refractivity contribution in [1.82, 2.24) is 9.38 Å². The van der Waals surface area contributed by atoms with Crippen LogP contribution in [0.1, 0.15) is 18.2 Å². The molecule has 2 aromatic heterocycles. The zero-order valence-electron chi connectivity index (χ0n) is 9.27. The zero-order valence-corrected chi connectivity index (χ0v) is 9.27. The van der Waals surface area contributed by atoms with E-state index >= 15 is 0 Å². The number of aromatic nitrogens is 2. The lowest BCUT2D eigenvalue weighted by Gasteiger charge is -2.07. The lowest BCUT2D eigenvalue weighted by molar-refractivity contribution is 0.582. The first-order valence-electron chi connectivity index (χ1n) is 5.34. The molecule has 1 atom stereocenters. The molecule has 0 aliphatic rings. The van der Waals surface area contributed by atoms with Crippen molar-refractivity contribution in [2.24, 2.45) is 11.7 Å². The molecule has 0 saturated heterocycles. The van der Waals surface area contributed by atoms with Crippen molar-refractivity contribution >= 4 is 5.65 Å². The van der Waals surface area contributed by atoms with Gasteiger partial charge in [-0.2, -0.15) is 0 Å². The number of hydrogen-bond donors (Lipinski definition) is 1. The lowest BCUT2D eigenvalue weighted by atomic mass is 10.1. The first-order chi connectivity index (χ1) is 7.22. The van der Waals surface area contributed by atoms with Crippen LogP contribution in [0.2, 0.25) is 0 Å². The van der Waals surface area contributed by atoms with Crippen molar-refractivity contribution in [1.29, 1.82) is 0 Å².